The van der Waals surface area contributed by atoms with E-state index in [1.807, 2.05) is 6.92 Å². The molecule has 3 aliphatic carbocycles. The number of nitrogens with one attached hydrogen (secondary N) is 3. The molecule has 0 bridgehead atoms. The van der Waals surface area contributed by atoms with Gasteiger partial charge in [0.2, 0.25) is 5.91 Å². The molecule has 0 spiro atoms. The Balaban J connectivity index is 1.38. The molecule has 7 heteroatoms. The summed E-state index contributed by atoms with van der Waals surface area (Å²) < 4.78 is 5.50. The number of carbonyl (C=O) groups excluding carboxylic acids is 2. The van der Waals surface area contributed by atoms with Crippen LogP contribution in [0.2, 0.25) is 0 Å². The van der Waals surface area contributed by atoms with E-state index in [0.29, 0.717) is 25.4 Å². The fraction of sp³-hybridized carbons (Fsp3) is 0.864. The maximum absolute atomic E-state index is 12.4. The van der Waals surface area contributed by atoms with Gasteiger partial charge >= 0.3 is 5.97 Å². The lowest BCUT2D eigenvalue weighted by Crippen LogP contribution is -2.47. The van der Waals surface area contributed by atoms with Crippen LogP contribution >= 0.6 is 0 Å². The minimum Gasteiger partial charge on any atom is -0.462 e. The third kappa shape index (κ3) is 7.86. The van der Waals surface area contributed by atoms with Gasteiger partial charge in [-0.3, -0.25) is 14.6 Å². The maximum Gasteiger partial charge on any atom is 0.306 e. The predicted molar refractivity (Wildman–Crippen MR) is 114 cm³/mol. The average Bonchev–Trinajstić information content (AvgIpc) is 3.38. The average molecular weight is 407 g/mol. The Hall–Kier alpha value is -1.79. The molecule has 0 heterocycles. The number of aliphatic imine (C=N–C) groups is 1. The molecule has 7 nitrogen and oxygen atoms in total. The van der Waals surface area contributed by atoms with Gasteiger partial charge in [-0.25, -0.2) is 0 Å². The summed E-state index contributed by atoms with van der Waals surface area (Å²) in [7, 11) is 0. The van der Waals surface area contributed by atoms with E-state index in [2.05, 4.69) is 20.9 Å². The quantitative estimate of drug-likeness (QED) is 0.237. The van der Waals surface area contributed by atoms with Crippen LogP contribution < -0.4 is 16.0 Å². The van der Waals surface area contributed by atoms with Gasteiger partial charge < -0.3 is 20.7 Å². The van der Waals surface area contributed by atoms with Crippen LogP contribution in [0.1, 0.15) is 84.0 Å². The summed E-state index contributed by atoms with van der Waals surface area (Å²) in [5, 5.41) is 9.93. The summed E-state index contributed by atoms with van der Waals surface area (Å²) >= 11 is 0. The molecule has 29 heavy (non-hydrogen) atoms. The molecule has 3 rings (SSSR count). The second-order valence-corrected chi connectivity index (χ2v) is 8.75. The lowest BCUT2D eigenvalue weighted by Gasteiger charge is -2.30. The summed E-state index contributed by atoms with van der Waals surface area (Å²) in [5.41, 5.74) is 0. The normalized spacial score (nSPS) is 25.5. The fourth-order valence-electron chi connectivity index (χ4n) is 4.28. The molecule has 2 atom stereocenters. The highest BCUT2D eigenvalue weighted by Crippen LogP contribution is 2.27. The molecule has 3 aliphatic rings. The van der Waals surface area contributed by atoms with E-state index in [1.54, 1.807) is 0 Å². The first kappa shape index (κ1) is 21.9. The number of rotatable bonds is 9. The highest BCUT2D eigenvalue weighted by Gasteiger charge is 2.31. The van der Waals surface area contributed by atoms with E-state index < -0.39 is 0 Å². The van der Waals surface area contributed by atoms with Crippen molar-refractivity contribution in [1.29, 1.82) is 0 Å². The van der Waals surface area contributed by atoms with Crippen LogP contribution in [-0.4, -0.2) is 49.1 Å². The van der Waals surface area contributed by atoms with Gasteiger partial charge in [0.25, 0.3) is 0 Å². The molecular weight excluding hydrogens is 368 g/mol. The molecule has 2 unspecified atom stereocenters. The number of hydrogen-bond donors (Lipinski definition) is 3. The molecule has 3 fully saturated rings. The largest absolute Gasteiger partial charge is 0.462 e. The summed E-state index contributed by atoms with van der Waals surface area (Å²) in [6.45, 7) is 3.42. The molecule has 0 radical (unpaired) electrons. The lowest BCUT2D eigenvalue weighted by molar-refractivity contribution is -0.148. The molecule has 0 aliphatic heterocycles. The standard InChI is InChI=1S/C22H38N4O3/c1-2-23-22(24-14-6-11-20(27)29-19-9-3-4-10-19)26-18-8-5-7-16(15-18)21(28)25-17-12-13-17/h16-19H,2-15H2,1H3,(H,25,28)(H2,23,24,26). The molecule has 0 aromatic carbocycles. The Labute approximate surface area is 174 Å². The van der Waals surface area contributed by atoms with Crippen LogP contribution in [0.25, 0.3) is 0 Å². The van der Waals surface area contributed by atoms with E-state index in [-0.39, 0.29) is 29.9 Å². The van der Waals surface area contributed by atoms with E-state index in [1.165, 1.54) is 12.8 Å². The van der Waals surface area contributed by atoms with Crippen LogP contribution in [0.4, 0.5) is 0 Å². The first-order valence-electron chi connectivity index (χ1n) is 11.7. The summed E-state index contributed by atoms with van der Waals surface area (Å²) in [5.74, 6) is 1.02. The lowest BCUT2D eigenvalue weighted by atomic mass is 9.85. The SMILES string of the molecule is CCNC(=NCCCC(=O)OC1CCCC1)NC1CCCC(C(=O)NC2CC2)C1. The number of hydrogen-bond acceptors (Lipinski definition) is 4. The van der Waals surface area contributed by atoms with E-state index in [0.717, 1.165) is 63.9 Å². The van der Waals surface area contributed by atoms with Crippen molar-refractivity contribution in [3.05, 3.63) is 0 Å². The van der Waals surface area contributed by atoms with Crippen molar-refractivity contribution in [2.75, 3.05) is 13.1 Å². The Kier molecular flexibility index (Phi) is 8.62. The smallest absolute Gasteiger partial charge is 0.306 e. The Morgan fingerprint density at radius 1 is 0.966 bits per heavy atom. The molecule has 0 saturated heterocycles. The monoisotopic (exact) mass is 406 g/mol. The zero-order chi connectivity index (χ0) is 20.5. The highest BCUT2D eigenvalue weighted by atomic mass is 16.5. The van der Waals surface area contributed by atoms with Crippen LogP contribution in [0.15, 0.2) is 4.99 Å². The first-order chi connectivity index (χ1) is 14.1. The van der Waals surface area contributed by atoms with Crippen molar-refractivity contribution in [3.8, 4) is 0 Å². The summed E-state index contributed by atoms with van der Waals surface area (Å²) in [6.07, 6.45) is 11.8. The van der Waals surface area contributed by atoms with E-state index in [4.69, 9.17) is 4.74 Å². The second kappa shape index (κ2) is 11.4. The Bertz CT molecular complexity index is 570. The van der Waals surface area contributed by atoms with Crippen LogP contribution in [0.5, 0.6) is 0 Å². The van der Waals surface area contributed by atoms with Crippen LogP contribution in [0.3, 0.4) is 0 Å². The summed E-state index contributed by atoms with van der Waals surface area (Å²) in [4.78, 5) is 28.9. The van der Waals surface area contributed by atoms with Gasteiger partial charge in [0, 0.05) is 37.5 Å². The van der Waals surface area contributed by atoms with Crippen molar-refractivity contribution < 1.29 is 14.3 Å². The molecule has 164 valence electrons. The van der Waals surface area contributed by atoms with Crippen molar-refractivity contribution in [3.63, 3.8) is 0 Å². The van der Waals surface area contributed by atoms with E-state index in [9.17, 15) is 9.59 Å². The van der Waals surface area contributed by atoms with Gasteiger partial charge in [-0.15, -0.1) is 0 Å². The molecule has 0 aromatic rings. The van der Waals surface area contributed by atoms with Crippen molar-refractivity contribution in [2.24, 2.45) is 10.9 Å². The molecule has 3 N–H and O–H groups in total. The molecule has 3 saturated carbocycles. The van der Waals surface area contributed by atoms with Crippen molar-refractivity contribution in [2.45, 2.75) is 102 Å². The molecule has 1 amide bonds. The zero-order valence-corrected chi connectivity index (χ0v) is 17.9. The van der Waals surface area contributed by atoms with Gasteiger partial charge in [0.1, 0.15) is 6.10 Å². The number of amides is 1. The number of carbonyl (C=O) groups is 2. The van der Waals surface area contributed by atoms with Crippen LogP contribution in [0, 0.1) is 5.92 Å². The number of nitrogens with zero attached hydrogens (tertiary/aromatic N) is 1. The number of guanidine groups is 1. The third-order valence-corrected chi connectivity index (χ3v) is 6.06. The Morgan fingerprint density at radius 2 is 1.76 bits per heavy atom. The Morgan fingerprint density at radius 3 is 2.48 bits per heavy atom. The number of ether oxygens (including phenoxy) is 1. The minimum atomic E-state index is -0.0955. The molecular formula is C22H38N4O3. The third-order valence-electron chi connectivity index (χ3n) is 6.06. The van der Waals surface area contributed by atoms with Gasteiger partial charge in [-0.05, 0) is 71.1 Å². The van der Waals surface area contributed by atoms with E-state index >= 15 is 0 Å². The summed E-state index contributed by atoms with van der Waals surface area (Å²) in [6, 6.07) is 0.693. The van der Waals surface area contributed by atoms with Gasteiger partial charge in [0.15, 0.2) is 5.96 Å². The fourth-order valence-corrected chi connectivity index (χ4v) is 4.28. The first-order valence-corrected chi connectivity index (χ1v) is 11.7. The number of esters is 1. The maximum atomic E-state index is 12.4. The van der Waals surface area contributed by atoms with Crippen LogP contribution in [-0.2, 0) is 14.3 Å². The van der Waals surface area contributed by atoms with Gasteiger partial charge in [-0.2, -0.15) is 0 Å². The molecule has 0 aromatic heterocycles. The van der Waals surface area contributed by atoms with Crippen molar-refractivity contribution >= 4 is 17.8 Å². The second-order valence-electron chi connectivity index (χ2n) is 8.75. The highest BCUT2D eigenvalue weighted by molar-refractivity contribution is 5.81. The predicted octanol–water partition coefficient (Wildman–Crippen LogP) is 2.64. The minimum absolute atomic E-state index is 0.0955. The van der Waals surface area contributed by atoms with Gasteiger partial charge in [-0.1, -0.05) is 6.42 Å². The van der Waals surface area contributed by atoms with Gasteiger partial charge in [0.05, 0.1) is 0 Å². The topological polar surface area (TPSA) is 91.8 Å². The van der Waals surface area contributed by atoms with Crippen molar-refractivity contribution in [1.82, 2.24) is 16.0 Å². The zero-order valence-electron chi connectivity index (χ0n) is 17.9.